The van der Waals surface area contributed by atoms with Crippen molar-refractivity contribution in [3.63, 3.8) is 0 Å². The van der Waals surface area contributed by atoms with Crippen molar-refractivity contribution in [3.8, 4) is 5.75 Å². The number of H-pyrrole nitrogens is 1. The Morgan fingerprint density at radius 2 is 1.79 bits per heavy atom. The van der Waals surface area contributed by atoms with Crippen LogP contribution in [0.1, 0.15) is 17.0 Å². The van der Waals surface area contributed by atoms with Crippen molar-refractivity contribution in [1.82, 2.24) is 4.98 Å². The number of ether oxygens (including phenoxy) is 1. The van der Waals surface area contributed by atoms with Gasteiger partial charge >= 0.3 is 5.63 Å². The Morgan fingerprint density at radius 1 is 1.12 bits per heavy atom. The van der Waals surface area contributed by atoms with Gasteiger partial charge in [0.1, 0.15) is 0 Å². The summed E-state index contributed by atoms with van der Waals surface area (Å²) in [7, 11) is 1.54. The van der Waals surface area contributed by atoms with Gasteiger partial charge in [0.05, 0.1) is 17.8 Å². The molecule has 0 spiro atoms. The Balaban J connectivity index is 1.96. The molecule has 1 N–H and O–H groups in total. The molecule has 2 rings (SSSR count). The zero-order valence-corrected chi connectivity index (χ0v) is 14.2. The first-order valence-corrected chi connectivity index (χ1v) is 7.69. The van der Waals surface area contributed by atoms with Gasteiger partial charge < -0.3 is 14.1 Å². The Bertz CT molecular complexity index is 854. The first kappa shape index (κ1) is 17.6. The molecule has 0 saturated carbocycles. The molecule has 2 aromatic rings. The second-order valence-corrected chi connectivity index (χ2v) is 5.28. The number of nitrogens with one attached hydrogen (secondary N) is 1. The summed E-state index contributed by atoms with van der Waals surface area (Å²) < 4.78 is 10.4. The van der Waals surface area contributed by atoms with Gasteiger partial charge in [-0.25, -0.2) is 4.79 Å². The zero-order valence-electron chi connectivity index (χ0n) is 13.5. The second kappa shape index (κ2) is 8.79. The Kier molecular flexibility index (Phi) is 6.46. The quantitative estimate of drug-likeness (QED) is 0.768. The standard InChI is InChI=1S/C19H18ClNO3/c1-14-13-18(22)24-17(19(14)23-2)10-8-6-4-3-5-7-9-16-15(20)11-12-21-16/h3-13,21H,1-2H3. The molecular formula is C19H18ClNO3. The maximum Gasteiger partial charge on any atom is 0.336 e. The average Bonchev–Trinajstić information content (AvgIpc) is 2.94. The summed E-state index contributed by atoms with van der Waals surface area (Å²) in [5.41, 5.74) is 1.21. The SMILES string of the molecule is COc1c(C)cc(=O)oc1C=CC=CC=CC=Cc1[nH]ccc1Cl. The number of rotatable bonds is 6. The number of allylic oxidation sites excluding steroid dienone is 6. The fourth-order valence-electron chi connectivity index (χ4n) is 2.03. The largest absolute Gasteiger partial charge is 0.493 e. The van der Waals surface area contributed by atoms with Gasteiger partial charge in [0, 0.05) is 17.8 Å². The van der Waals surface area contributed by atoms with E-state index in [1.54, 1.807) is 38.4 Å². The highest BCUT2D eigenvalue weighted by Crippen LogP contribution is 2.22. The van der Waals surface area contributed by atoms with Gasteiger partial charge in [0.15, 0.2) is 11.5 Å². The number of aryl methyl sites for hydroxylation is 1. The predicted octanol–water partition coefficient (Wildman–Crippen LogP) is 4.78. The molecule has 2 heterocycles. The van der Waals surface area contributed by atoms with Crippen molar-refractivity contribution in [1.29, 1.82) is 0 Å². The van der Waals surface area contributed by atoms with E-state index < -0.39 is 5.63 Å². The number of hydrogen-bond donors (Lipinski definition) is 1. The number of aromatic nitrogens is 1. The summed E-state index contributed by atoms with van der Waals surface area (Å²) in [4.78, 5) is 14.4. The highest BCUT2D eigenvalue weighted by molar-refractivity contribution is 6.31. The van der Waals surface area contributed by atoms with Gasteiger partial charge in [-0.2, -0.15) is 0 Å². The molecule has 0 aliphatic rings. The third-order valence-corrected chi connectivity index (χ3v) is 3.45. The Morgan fingerprint density at radius 3 is 2.42 bits per heavy atom. The summed E-state index contributed by atoms with van der Waals surface area (Å²) in [6, 6.07) is 3.20. The van der Waals surface area contributed by atoms with Crippen LogP contribution in [0.4, 0.5) is 0 Å². The molecule has 0 aliphatic heterocycles. The summed E-state index contributed by atoms with van der Waals surface area (Å²) in [5.74, 6) is 0.956. The highest BCUT2D eigenvalue weighted by atomic mass is 35.5. The Labute approximate surface area is 145 Å². The van der Waals surface area contributed by atoms with E-state index in [2.05, 4.69) is 4.98 Å². The van der Waals surface area contributed by atoms with Crippen molar-refractivity contribution in [2.24, 2.45) is 0 Å². The maximum absolute atomic E-state index is 11.4. The Hall–Kier alpha value is -2.72. The van der Waals surface area contributed by atoms with Crippen LogP contribution in [0.15, 0.2) is 64.0 Å². The van der Waals surface area contributed by atoms with E-state index in [0.717, 1.165) is 11.3 Å². The molecule has 0 aromatic carbocycles. The van der Waals surface area contributed by atoms with E-state index in [0.29, 0.717) is 16.5 Å². The molecule has 0 saturated heterocycles. The smallest absolute Gasteiger partial charge is 0.336 e. The lowest BCUT2D eigenvalue weighted by Gasteiger charge is -2.05. The molecule has 24 heavy (non-hydrogen) atoms. The van der Waals surface area contributed by atoms with Crippen LogP contribution in [-0.2, 0) is 0 Å². The fraction of sp³-hybridized carbons (Fsp3) is 0.105. The van der Waals surface area contributed by atoms with E-state index in [4.69, 9.17) is 20.8 Å². The van der Waals surface area contributed by atoms with Gasteiger partial charge in [-0.05, 0) is 25.1 Å². The molecular weight excluding hydrogens is 326 g/mol. The lowest BCUT2D eigenvalue weighted by Crippen LogP contribution is -2.02. The minimum absolute atomic E-state index is 0.398. The number of methoxy groups -OCH3 is 1. The van der Waals surface area contributed by atoms with Crippen molar-refractivity contribution in [2.75, 3.05) is 7.11 Å². The van der Waals surface area contributed by atoms with Crippen molar-refractivity contribution in [2.45, 2.75) is 6.92 Å². The minimum Gasteiger partial charge on any atom is -0.493 e. The average molecular weight is 344 g/mol. The van der Waals surface area contributed by atoms with Crippen LogP contribution < -0.4 is 10.4 Å². The first-order valence-electron chi connectivity index (χ1n) is 7.31. The molecule has 0 atom stereocenters. The van der Waals surface area contributed by atoms with Crippen LogP contribution in [0.2, 0.25) is 5.02 Å². The van der Waals surface area contributed by atoms with Crippen molar-refractivity contribution in [3.05, 3.63) is 87.2 Å². The van der Waals surface area contributed by atoms with Crippen molar-refractivity contribution >= 4 is 23.8 Å². The number of hydrogen-bond acceptors (Lipinski definition) is 3. The van der Waals surface area contributed by atoms with E-state index in [-0.39, 0.29) is 0 Å². The van der Waals surface area contributed by atoms with Crippen LogP contribution in [0, 0.1) is 6.92 Å². The topological polar surface area (TPSA) is 55.2 Å². The fourth-order valence-corrected chi connectivity index (χ4v) is 2.22. The molecule has 0 bridgehead atoms. The summed E-state index contributed by atoms with van der Waals surface area (Å²) in [6.07, 6.45) is 16.5. The molecule has 4 nitrogen and oxygen atoms in total. The zero-order chi connectivity index (χ0) is 17.4. The van der Waals surface area contributed by atoms with Crippen LogP contribution in [0.25, 0.3) is 12.2 Å². The van der Waals surface area contributed by atoms with Gasteiger partial charge in [0.2, 0.25) is 0 Å². The van der Waals surface area contributed by atoms with E-state index in [1.807, 2.05) is 36.5 Å². The molecule has 5 heteroatoms. The number of halogens is 1. The summed E-state index contributed by atoms with van der Waals surface area (Å²) >= 11 is 5.96. The van der Waals surface area contributed by atoms with Crippen LogP contribution in [0.3, 0.4) is 0 Å². The highest BCUT2D eigenvalue weighted by Gasteiger charge is 2.07. The monoisotopic (exact) mass is 343 g/mol. The molecule has 0 fully saturated rings. The van der Waals surface area contributed by atoms with Gasteiger partial charge in [0.25, 0.3) is 0 Å². The van der Waals surface area contributed by atoms with Crippen molar-refractivity contribution < 1.29 is 9.15 Å². The first-order chi connectivity index (χ1) is 11.6. The molecule has 124 valence electrons. The third kappa shape index (κ3) is 4.89. The third-order valence-electron chi connectivity index (χ3n) is 3.12. The van der Waals surface area contributed by atoms with Crippen LogP contribution in [-0.4, -0.2) is 12.1 Å². The van der Waals surface area contributed by atoms with Gasteiger partial charge in [-0.1, -0.05) is 48.1 Å². The summed E-state index contributed by atoms with van der Waals surface area (Å²) in [6.45, 7) is 1.80. The maximum atomic E-state index is 11.4. The van der Waals surface area contributed by atoms with E-state index in [9.17, 15) is 4.79 Å². The molecule has 0 radical (unpaired) electrons. The van der Waals surface area contributed by atoms with Gasteiger partial charge in [-0.3, -0.25) is 0 Å². The van der Waals surface area contributed by atoms with E-state index >= 15 is 0 Å². The molecule has 0 unspecified atom stereocenters. The minimum atomic E-state index is -0.398. The summed E-state index contributed by atoms with van der Waals surface area (Å²) in [5, 5.41) is 0.687. The molecule has 2 aromatic heterocycles. The van der Waals surface area contributed by atoms with Gasteiger partial charge in [-0.15, -0.1) is 0 Å². The lowest BCUT2D eigenvalue weighted by molar-refractivity contribution is 0.377. The normalized spacial score (nSPS) is 12.3. The van der Waals surface area contributed by atoms with Crippen LogP contribution in [0.5, 0.6) is 5.75 Å². The molecule has 0 amide bonds. The predicted molar refractivity (Wildman–Crippen MR) is 98.4 cm³/mol. The second-order valence-electron chi connectivity index (χ2n) is 4.87. The van der Waals surface area contributed by atoms with E-state index in [1.165, 1.54) is 6.07 Å². The lowest BCUT2D eigenvalue weighted by atomic mass is 10.2. The number of aromatic amines is 1. The molecule has 0 aliphatic carbocycles. The van der Waals surface area contributed by atoms with Crippen LogP contribution >= 0.6 is 11.6 Å².